The van der Waals surface area contributed by atoms with Crippen LogP contribution in [0.1, 0.15) is 5.56 Å². The van der Waals surface area contributed by atoms with Crippen molar-refractivity contribution in [3.63, 3.8) is 0 Å². The van der Waals surface area contributed by atoms with Gasteiger partial charge in [0.15, 0.2) is 0 Å². The fourth-order valence-corrected chi connectivity index (χ4v) is 4.78. The maximum atomic E-state index is 9.50. The minimum absolute atomic E-state index is 0.724. The lowest BCUT2D eigenvalue weighted by atomic mass is 10.0. The van der Waals surface area contributed by atoms with Gasteiger partial charge in [0.05, 0.1) is 17.3 Å². The summed E-state index contributed by atoms with van der Waals surface area (Å²) >= 11 is 1.72. The summed E-state index contributed by atoms with van der Waals surface area (Å²) in [4.78, 5) is 4.64. The predicted octanol–water partition coefficient (Wildman–Crippen LogP) is 6.66. The third-order valence-electron chi connectivity index (χ3n) is 4.79. The molecule has 2 heterocycles. The Hall–Kier alpha value is -3.48. The van der Waals surface area contributed by atoms with Gasteiger partial charge >= 0.3 is 0 Å². The molecule has 5 aromatic rings. The summed E-state index contributed by atoms with van der Waals surface area (Å²) in [5.41, 5.74) is 5.11. The molecule has 0 N–H and O–H groups in total. The van der Waals surface area contributed by atoms with Gasteiger partial charge in [0, 0.05) is 31.9 Å². The van der Waals surface area contributed by atoms with Crippen molar-refractivity contribution >= 4 is 31.5 Å². The van der Waals surface area contributed by atoms with Crippen LogP contribution in [0.4, 0.5) is 0 Å². The minimum Gasteiger partial charge on any atom is -0.256 e. The number of hydrogen-bond donors (Lipinski definition) is 0. The molecule has 0 spiro atoms. The second-order valence-corrected chi connectivity index (χ2v) is 7.42. The van der Waals surface area contributed by atoms with Gasteiger partial charge in [-0.25, -0.2) is 0 Å². The molecule has 0 saturated heterocycles. The standard InChI is InChI=1S/C24H14N2S/c25-15-18-8-4-11-22-23(18)20-10-5-9-19(24(20)27-22)21-14-17(12-13-26-21)16-6-2-1-3-7-16/h1-14H. The summed E-state index contributed by atoms with van der Waals surface area (Å²) in [7, 11) is 0. The Morgan fingerprint density at radius 2 is 1.67 bits per heavy atom. The normalized spacial score (nSPS) is 10.9. The predicted molar refractivity (Wildman–Crippen MR) is 113 cm³/mol. The SMILES string of the molecule is N#Cc1cccc2sc3c(-c4cc(-c5ccccc5)ccn4)cccc3c12. The third kappa shape index (κ3) is 2.59. The van der Waals surface area contributed by atoms with E-state index in [9.17, 15) is 5.26 Å². The van der Waals surface area contributed by atoms with Gasteiger partial charge in [0.1, 0.15) is 0 Å². The zero-order valence-corrected chi connectivity index (χ0v) is 15.2. The zero-order valence-electron chi connectivity index (χ0n) is 14.4. The van der Waals surface area contributed by atoms with Crippen LogP contribution in [0.3, 0.4) is 0 Å². The highest BCUT2D eigenvalue weighted by molar-refractivity contribution is 7.26. The Kier molecular flexibility index (Phi) is 3.71. The van der Waals surface area contributed by atoms with Gasteiger partial charge in [-0.2, -0.15) is 5.26 Å². The second-order valence-electron chi connectivity index (χ2n) is 6.37. The molecule has 126 valence electrons. The summed E-state index contributed by atoms with van der Waals surface area (Å²) in [6.45, 7) is 0. The van der Waals surface area contributed by atoms with Crippen LogP contribution in [0.5, 0.6) is 0 Å². The first-order chi connectivity index (χ1) is 13.3. The molecule has 0 aliphatic carbocycles. The maximum Gasteiger partial charge on any atom is 0.0998 e. The van der Waals surface area contributed by atoms with Crippen LogP contribution in [0.2, 0.25) is 0 Å². The van der Waals surface area contributed by atoms with Gasteiger partial charge in [-0.15, -0.1) is 11.3 Å². The third-order valence-corrected chi connectivity index (χ3v) is 5.99. The van der Waals surface area contributed by atoms with Crippen molar-refractivity contribution in [1.29, 1.82) is 5.26 Å². The van der Waals surface area contributed by atoms with Gasteiger partial charge in [-0.1, -0.05) is 54.6 Å². The van der Waals surface area contributed by atoms with Crippen molar-refractivity contribution in [3.8, 4) is 28.5 Å². The molecule has 0 bridgehead atoms. The summed E-state index contributed by atoms with van der Waals surface area (Å²) in [5, 5.41) is 11.7. The van der Waals surface area contributed by atoms with E-state index in [1.807, 2.05) is 42.6 Å². The number of pyridine rings is 1. The zero-order chi connectivity index (χ0) is 18.2. The Labute approximate surface area is 161 Å². The molecule has 0 atom stereocenters. The van der Waals surface area contributed by atoms with Crippen molar-refractivity contribution in [3.05, 3.63) is 90.6 Å². The number of rotatable bonds is 2. The molecule has 2 nitrogen and oxygen atoms in total. The summed E-state index contributed by atoms with van der Waals surface area (Å²) in [5.74, 6) is 0. The molecule has 5 rings (SSSR count). The van der Waals surface area contributed by atoms with E-state index in [1.165, 1.54) is 10.3 Å². The lowest BCUT2D eigenvalue weighted by molar-refractivity contribution is 1.33. The van der Waals surface area contributed by atoms with E-state index in [0.29, 0.717) is 0 Å². The number of hydrogen-bond acceptors (Lipinski definition) is 3. The largest absolute Gasteiger partial charge is 0.256 e. The molecule has 27 heavy (non-hydrogen) atoms. The fraction of sp³-hybridized carbons (Fsp3) is 0. The minimum atomic E-state index is 0.724. The molecule has 3 aromatic carbocycles. The van der Waals surface area contributed by atoms with Gasteiger partial charge in [-0.3, -0.25) is 4.98 Å². The van der Waals surface area contributed by atoms with Crippen molar-refractivity contribution in [2.24, 2.45) is 0 Å². The van der Waals surface area contributed by atoms with Crippen LogP contribution in [0, 0.1) is 11.3 Å². The average Bonchev–Trinajstić information content (AvgIpc) is 3.13. The van der Waals surface area contributed by atoms with Gasteiger partial charge in [-0.05, 0) is 35.4 Å². The van der Waals surface area contributed by atoms with E-state index in [2.05, 4.69) is 53.5 Å². The molecule has 0 radical (unpaired) electrons. The quantitative estimate of drug-likeness (QED) is 0.352. The van der Waals surface area contributed by atoms with Crippen LogP contribution in [0.25, 0.3) is 42.6 Å². The van der Waals surface area contributed by atoms with Gasteiger partial charge in [0.2, 0.25) is 0 Å². The molecular formula is C24H14N2S. The van der Waals surface area contributed by atoms with Crippen LogP contribution in [-0.4, -0.2) is 4.98 Å². The van der Waals surface area contributed by atoms with Gasteiger partial charge in [0.25, 0.3) is 0 Å². The average molecular weight is 362 g/mol. The highest BCUT2D eigenvalue weighted by atomic mass is 32.1. The molecule has 2 aromatic heterocycles. The maximum absolute atomic E-state index is 9.50. The Morgan fingerprint density at radius 1 is 0.815 bits per heavy atom. The molecule has 0 fully saturated rings. The smallest absolute Gasteiger partial charge is 0.0998 e. The van der Waals surface area contributed by atoms with Crippen molar-refractivity contribution < 1.29 is 0 Å². The van der Waals surface area contributed by atoms with Crippen molar-refractivity contribution in [1.82, 2.24) is 4.98 Å². The van der Waals surface area contributed by atoms with E-state index < -0.39 is 0 Å². The first kappa shape index (κ1) is 15.7. The van der Waals surface area contributed by atoms with Crippen LogP contribution >= 0.6 is 11.3 Å². The summed E-state index contributed by atoms with van der Waals surface area (Å²) < 4.78 is 2.31. The Bertz CT molecular complexity index is 1330. The molecule has 0 aliphatic rings. The number of nitrogens with zero attached hydrogens (tertiary/aromatic N) is 2. The van der Waals surface area contributed by atoms with Crippen LogP contribution in [-0.2, 0) is 0 Å². The number of nitriles is 1. The lowest BCUT2D eigenvalue weighted by Crippen LogP contribution is -1.85. The first-order valence-corrected chi connectivity index (χ1v) is 9.53. The van der Waals surface area contributed by atoms with E-state index in [4.69, 9.17) is 0 Å². The summed E-state index contributed by atoms with van der Waals surface area (Å²) in [6, 6.07) is 29.0. The first-order valence-electron chi connectivity index (χ1n) is 8.71. The number of thiophene rings is 1. The number of fused-ring (bicyclic) bond motifs is 3. The molecule has 0 unspecified atom stereocenters. The molecular weight excluding hydrogens is 348 g/mol. The monoisotopic (exact) mass is 362 g/mol. The summed E-state index contributed by atoms with van der Waals surface area (Å²) in [6.07, 6.45) is 1.87. The fourth-order valence-electron chi connectivity index (χ4n) is 3.53. The van der Waals surface area contributed by atoms with E-state index in [-0.39, 0.29) is 0 Å². The topological polar surface area (TPSA) is 36.7 Å². The van der Waals surface area contributed by atoms with Crippen LogP contribution < -0.4 is 0 Å². The molecule has 3 heteroatoms. The molecule has 0 amide bonds. The van der Waals surface area contributed by atoms with E-state index in [1.54, 1.807) is 11.3 Å². The lowest BCUT2D eigenvalue weighted by Gasteiger charge is -2.06. The molecule has 0 aliphatic heterocycles. The second kappa shape index (κ2) is 6.35. The van der Waals surface area contributed by atoms with E-state index >= 15 is 0 Å². The highest BCUT2D eigenvalue weighted by Gasteiger charge is 2.14. The highest BCUT2D eigenvalue weighted by Crippen LogP contribution is 2.41. The number of aromatic nitrogens is 1. The van der Waals surface area contributed by atoms with Gasteiger partial charge < -0.3 is 0 Å². The van der Waals surface area contributed by atoms with Crippen LogP contribution in [0.15, 0.2) is 85.1 Å². The van der Waals surface area contributed by atoms with Crippen molar-refractivity contribution in [2.75, 3.05) is 0 Å². The Balaban J connectivity index is 1.76. The van der Waals surface area contributed by atoms with Crippen molar-refractivity contribution in [2.45, 2.75) is 0 Å². The Morgan fingerprint density at radius 3 is 2.52 bits per heavy atom. The number of benzene rings is 3. The van der Waals surface area contributed by atoms with E-state index in [0.717, 1.165) is 37.9 Å². The molecule has 0 saturated carbocycles.